The molecule has 3 aromatic carbocycles. The molecule has 7 rings (SSSR count). The van der Waals surface area contributed by atoms with Crippen LogP contribution in [0.2, 0.25) is 6.32 Å². The number of aromatic hydroxyl groups is 1. The van der Waals surface area contributed by atoms with E-state index in [0.29, 0.717) is 25.9 Å². The molecule has 0 spiro atoms. The lowest BCUT2D eigenvalue weighted by Gasteiger charge is -2.43. The maximum atomic E-state index is 14.3. The SMILES string of the molecule is COCC1=C2[C@@H](CC/C(=C/c3ccc(O)cc3)c3ccccc3)OB(O)C[C@@H]2[C@@H]2C(=O)N(C3CCN(Cc4ccccc4)CC3)C(=O)[C@@H]2C1. The van der Waals surface area contributed by atoms with Crippen LogP contribution < -0.4 is 0 Å². The molecular formula is C40H45BN2O6. The van der Waals surface area contributed by atoms with Gasteiger partial charge in [0.25, 0.3) is 0 Å². The zero-order valence-corrected chi connectivity index (χ0v) is 28.1. The molecule has 0 saturated carbocycles. The summed E-state index contributed by atoms with van der Waals surface area (Å²) in [5, 5.41) is 20.9. The molecule has 9 heteroatoms. The van der Waals surface area contributed by atoms with E-state index in [4.69, 9.17) is 9.39 Å². The molecule has 1 aliphatic carbocycles. The number of methoxy groups -OCH3 is 1. The largest absolute Gasteiger partial charge is 0.508 e. The summed E-state index contributed by atoms with van der Waals surface area (Å²) in [7, 11) is 0.633. The van der Waals surface area contributed by atoms with Gasteiger partial charge in [-0.3, -0.25) is 19.4 Å². The van der Waals surface area contributed by atoms with Crippen molar-refractivity contribution in [2.75, 3.05) is 26.8 Å². The predicted molar refractivity (Wildman–Crippen MR) is 190 cm³/mol. The van der Waals surface area contributed by atoms with E-state index in [-0.39, 0.29) is 35.8 Å². The van der Waals surface area contributed by atoms with Crippen LogP contribution in [0.15, 0.2) is 96.1 Å². The van der Waals surface area contributed by atoms with Gasteiger partial charge in [-0.1, -0.05) is 78.9 Å². The van der Waals surface area contributed by atoms with Crippen molar-refractivity contribution in [3.05, 3.63) is 113 Å². The number of imide groups is 1. The molecule has 0 aromatic heterocycles. The number of phenols is 1. The second-order valence-electron chi connectivity index (χ2n) is 14.0. The van der Waals surface area contributed by atoms with Crippen LogP contribution in [-0.2, 0) is 25.5 Å². The van der Waals surface area contributed by atoms with Gasteiger partial charge in [0.15, 0.2) is 0 Å². The van der Waals surface area contributed by atoms with Crippen LogP contribution in [0.5, 0.6) is 5.75 Å². The summed E-state index contributed by atoms with van der Waals surface area (Å²) in [6.07, 6.45) is 5.26. The number of benzene rings is 3. The van der Waals surface area contributed by atoms with Gasteiger partial charge >= 0.3 is 7.12 Å². The number of amides is 2. The molecule has 4 aliphatic rings. The first-order chi connectivity index (χ1) is 23.9. The Morgan fingerprint density at radius 3 is 2.33 bits per heavy atom. The van der Waals surface area contributed by atoms with Gasteiger partial charge in [0.05, 0.1) is 24.5 Å². The Hall–Kier alpha value is -4.02. The molecular weight excluding hydrogens is 615 g/mol. The van der Waals surface area contributed by atoms with E-state index in [9.17, 15) is 19.7 Å². The van der Waals surface area contributed by atoms with Gasteiger partial charge in [-0.25, -0.2) is 0 Å². The summed E-state index contributed by atoms with van der Waals surface area (Å²) in [5.74, 6) is -1.14. The molecule has 2 amide bonds. The first-order valence-electron chi connectivity index (χ1n) is 17.6. The van der Waals surface area contributed by atoms with Crippen LogP contribution in [0, 0.1) is 17.8 Å². The molecule has 2 N–H and O–H groups in total. The number of carbonyl (C=O) groups is 2. The maximum Gasteiger partial charge on any atom is 0.455 e. The topological polar surface area (TPSA) is 99.5 Å². The Balaban J connectivity index is 1.11. The highest BCUT2D eigenvalue weighted by molar-refractivity contribution is 6.43. The Bertz CT molecular complexity index is 1690. The molecule has 8 nitrogen and oxygen atoms in total. The van der Waals surface area contributed by atoms with Crippen LogP contribution in [0.4, 0.5) is 0 Å². The van der Waals surface area contributed by atoms with Gasteiger partial charge in [0.1, 0.15) is 5.75 Å². The molecule has 4 atom stereocenters. The summed E-state index contributed by atoms with van der Waals surface area (Å²) in [6, 6.07) is 27.6. The number of fused-ring (bicyclic) bond motifs is 3. The number of nitrogens with zero attached hydrogens (tertiary/aromatic N) is 2. The Labute approximate surface area is 289 Å². The van der Waals surface area contributed by atoms with Crippen LogP contribution in [0.1, 0.15) is 48.8 Å². The van der Waals surface area contributed by atoms with Crippen molar-refractivity contribution >= 4 is 30.6 Å². The number of phenolic OH excluding ortho intramolecular Hbond substituents is 1. The minimum absolute atomic E-state index is 0.0649. The lowest BCUT2D eigenvalue weighted by atomic mass is 9.58. The number of allylic oxidation sites excluding steroid dienone is 1. The van der Waals surface area contributed by atoms with Gasteiger partial charge in [0, 0.05) is 32.8 Å². The quantitative estimate of drug-likeness (QED) is 0.122. The minimum atomic E-state index is -1.03. The highest BCUT2D eigenvalue weighted by atomic mass is 16.5. The fourth-order valence-corrected chi connectivity index (χ4v) is 8.64. The molecule has 49 heavy (non-hydrogen) atoms. The Morgan fingerprint density at radius 1 is 0.939 bits per heavy atom. The lowest BCUT2D eigenvalue weighted by Crippen LogP contribution is -2.48. The summed E-state index contributed by atoms with van der Waals surface area (Å²) in [5.41, 5.74) is 6.48. The first kappa shape index (κ1) is 33.5. The van der Waals surface area contributed by atoms with Gasteiger partial charge in [-0.15, -0.1) is 0 Å². The van der Waals surface area contributed by atoms with E-state index in [1.807, 2.05) is 36.4 Å². The zero-order valence-electron chi connectivity index (χ0n) is 28.1. The van der Waals surface area contributed by atoms with Gasteiger partial charge in [-0.05, 0) is 89.9 Å². The third-order valence-corrected chi connectivity index (χ3v) is 10.9. The van der Waals surface area contributed by atoms with Crippen molar-refractivity contribution in [3.8, 4) is 5.75 Å². The van der Waals surface area contributed by atoms with Crippen molar-refractivity contribution in [1.29, 1.82) is 0 Å². The molecule has 3 heterocycles. The summed E-state index contributed by atoms with van der Waals surface area (Å²) >= 11 is 0. The number of rotatable bonds is 10. The van der Waals surface area contributed by atoms with Crippen LogP contribution in [0.25, 0.3) is 11.6 Å². The molecule has 0 radical (unpaired) electrons. The van der Waals surface area contributed by atoms with Crippen molar-refractivity contribution in [2.45, 2.75) is 57.1 Å². The van der Waals surface area contributed by atoms with E-state index in [2.05, 4.69) is 47.4 Å². The number of hydrogen-bond acceptors (Lipinski definition) is 7. The van der Waals surface area contributed by atoms with Crippen LogP contribution >= 0.6 is 0 Å². The molecule has 0 unspecified atom stereocenters. The monoisotopic (exact) mass is 660 g/mol. The standard InChI is InChI=1S/C40H45BN2O6/c1-48-26-31-23-34-38(40(46)43(39(34)45)32-18-20-42(21-19-32)25-28-8-4-2-5-9-28)35-24-41(47)49-36(37(31)35)17-14-30(29-10-6-3-7-11-29)22-27-12-15-33(44)16-13-27/h2-13,15-16,22,32,34-36,38,44,47H,14,17-21,23-26H2,1H3/b30-22-/t34-,35+,36-,38-/m1/s1. The second-order valence-corrected chi connectivity index (χ2v) is 14.0. The van der Waals surface area contributed by atoms with Crippen molar-refractivity contribution in [1.82, 2.24) is 9.80 Å². The minimum Gasteiger partial charge on any atom is -0.508 e. The number of carbonyl (C=O) groups excluding carboxylic acids is 2. The zero-order chi connectivity index (χ0) is 33.9. The van der Waals surface area contributed by atoms with E-state index < -0.39 is 25.1 Å². The highest BCUT2D eigenvalue weighted by Crippen LogP contribution is 2.51. The first-order valence-corrected chi connectivity index (χ1v) is 17.6. The van der Waals surface area contributed by atoms with Crippen LogP contribution in [0.3, 0.4) is 0 Å². The molecule has 254 valence electrons. The average Bonchev–Trinajstić information content (AvgIpc) is 3.37. The normalized spacial score (nSPS) is 25.1. The number of piperidine rings is 1. The third-order valence-electron chi connectivity index (χ3n) is 10.9. The average molecular weight is 661 g/mol. The smallest absolute Gasteiger partial charge is 0.455 e. The molecule has 3 aromatic rings. The summed E-state index contributed by atoms with van der Waals surface area (Å²) < 4.78 is 11.9. The van der Waals surface area contributed by atoms with Crippen molar-refractivity contribution in [3.63, 3.8) is 0 Å². The van der Waals surface area contributed by atoms with E-state index in [1.165, 1.54) is 5.56 Å². The van der Waals surface area contributed by atoms with Crippen LogP contribution in [-0.4, -0.2) is 77.8 Å². The fraction of sp³-hybridized carbons (Fsp3) is 0.400. The lowest BCUT2D eigenvalue weighted by molar-refractivity contribution is -0.144. The highest BCUT2D eigenvalue weighted by Gasteiger charge is 2.58. The molecule has 3 fully saturated rings. The Morgan fingerprint density at radius 2 is 1.63 bits per heavy atom. The Kier molecular flexibility index (Phi) is 10.1. The maximum absolute atomic E-state index is 14.3. The van der Waals surface area contributed by atoms with E-state index in [1.54, 1.807) is 24.1 Å². The number of ether oxygens (including phenoxy) is 1. The summed E-state index contributed by atoms with van der Waals surface area (Å²) in [4.78, 5) is 32.4. The summed E-state index contributed by atoms with van der Waals surface area (Å²) in [6.45, 7) is 2.90. The second kappa shape index (κ2) is 14.8. The van der Waals surface area contributed by atoms with Gasteiger partial charge in [-0.2, -0.15) is 0 Å². The van der Waals surface area contributed by atoms with Gasteiger partial charge in [0.2, 0.25) is 11.8 Å². The molecule has 3 aliphatic heterocycles. The van der Waals surface area contributed by atoms with Crippen molar-refractivity contribution < 1.29 is 29.1 Å². The third kappa shape index (κ3) is 7.17. The number of hydrogen-bond donors (Lipinski definition) is 2. The van der Waals surface area contributed by atoms with E-state index in [0.717, 1.165) is 60.3 Å². The predicted octanol–water partition coefficient (Wildman–Crippen LogP) is 5.82. The van der Waals surface area contributed by atoms with Crippen molar-refractivity contribution in [2.24, 2.45) is 17.8 Å². The fourth-order valence-electron chi connectivity index (χ4n) is 8.64. The molecule has 0 bridgehead atoms. The van der Waals surface area contributed by atoms with E-state index >= 15 is 0 Å². The van der Waals surface area contributed by atoms with Gasteiger partial charge < -0.3 is 19.5 Å². The molecule has 3 saturated heterocycles. The number of likely N-dealkylation sites (tertiary alicyclic amines) is 2.